The van der Waals surface area contributed by atoms with Gasteiger partial charge in [0, 0.05) is 42.0 Å². The third kappa shape index (κ3) is 2.48. The van der Waals surface area contributed by atoms with Gasteiger partial charge in [0.25, 0.3) is 0 Å². The van der Waals surface area contributed by atoms with Crippen LogP contribution < -0.4 is 10.2 Å². The second-order valence-corrected chi connectivity index (χ2v) is 6.54. The summed E-state index contributed by atoms with van der Waals surface area (Å²) in [6.45, 7) is 1.64. The number of aromatic nitrogens is 2. The first-order valence-electron chi connectivity index (χ1n) is 8.07. The van der Waals surface area contributed by atoms with E-state index in [-0.39, 0.29) is 11.3 Å². The molecule has 2 aromatic rings. The van der Waals surface area contributed by atoms with E-state index in [1.807, 2.05) is 30.3 Å². The Morgan fingerprint density at radius 2 is 2.17 bits per heavy atom. The monoisotopic (exact) mass is 318 g/mol. The van der Waals surface area contributed by atoms with E-state index in [4.69, 9.17) is 5.41 Å². The Morgan fingerprint density at radius 3 is 2.88 bits per heavy atom. The van der Waals surface area contributed by atoms with Gasteiger partial charge in [0.2, 0.25) is 0 Å². The van der Waals surface area contributed by atoms with Crippen LogP contribution >= 0.6 is 0 Å². The molecule has 1 aliphatic carbocycles. The van der Waals surface area contributed by atoms with Crippen molar-refractivity contribution >= 4 is 23.5 Å². The molecule has 0 radical (unpaired) electrons. The Morgan fingerprint density at radius 1 is 1.33 bits per heavy atom. The van der Waals surface area contributed by atoms with E-state index in [0.29, 0.717) is 5.82 Å². The van der Waals surface area contributed by atoms with E-state index in [0.717, 1.165) is 43.0 Å². The third-order valence-electron chi connectivity index (χ3n) is 5.05. The molecule has 0 bridgehead atoms. The van der Waals surface area contributed by atoms with Crippen molar-refractivity contribution in [3.8, 4) is 6.07 Å². The van der Waals surface area contributed by atoms with E-state index < -0.39 is 0 Å². The summed E-state index contributed by atoms with van der Waals surface area (Å²) in [4.78, 5) is 10.9. The summed E-state index contributed by atoms with van der Waals surface area (Å²) in [5, 5.41) is 20.1. The van der Waals surface area contributed by atoms with Crippen LogP contribution in [0, 0.1) is 28.1 Å². The van der Waals surface area contributed by atoms with Gasteiger partial charge in [0.15, 0.2) is 0 Å². The van der Waals surface area contributed by atoms with Gasteiger partial charge in [0.05, 0.1) is 12.0 Å². The van der Waals surface area contributed by atoms with Crippen LogP contribution in [0.15, 0.2) is 36.7 Å². The summed E-state index contributed by atoms with van der Waals surface area (Å²) >= 11 is 0. The normalized spacial score (nSPS) is 20.6. The molecule has 2 N–H and O–H groups in total. The minimum Gasteiger partial charge on any atom is -0.355 e. The van der Waals surface area contributed by atoms with Gasteiger partial charge in [-0.3, -0.25) is 0 Å². The van der Waals surface area contributed by atoms with Gasteiger partial charge >= 0.3 is 0 Å². The van der Waals surface area contributed by atoms with Gasteiger partial charge < -0.3 is 15.6 Å². The van der Waals surface area contributed by atoms with Crippen LogP contribution in [0.25, 0.3) is 0 Å². The number of anilines is 3. The van der Waals surface area contributed by atoms with Crippen LogP contribution in [0.1, 0.15) is 18.4 Å². The SMILES string of the molecule is N#CC1CN(c2cc(Nc3ccccc3C=N)ncn2)CC12CC2. The lowest BCUT2D eigenvalue weighted by Crippen LogP contribution is -2.21. The molecule has 2 heterocycles. The number of hydrogen-bond donors (Lipinski definition) is 2. The molecule has 1 saturated carbocycles. The van der Waals surface area contributed by atoms with Crippen LogP contribution in [0.3, 0.4) is 0 Å². The van der Waals surface area contributed by atoms with E-state index in [2.05, 4.69) is 26.3 Å². The average molecular weight is 318 g/mol. The van der Waals surface area contributed by atoms with Crippen LogP contribution in [0.4, 0.5) is 17.3 Å². The number of hydrogen-bond acceptors (Lipinski definition) is 6. The molecule has 4 rings (SSSR count). The highest BCUT2D eigenvalue weighted by molar-refractivity contribution is 5.87. The van der Waals surface area contributed by atoms with Crippen molar-refractivity contribution in [3.05, 3.63) is 42.2 Å². The van der Waals surface area contributed by atoms with Crippen molar-refractivity contribution in [1.82, 2.24) is 9.97 Å². The van der Waals surface area contributed by atoms with E-state index >= 15 is 0 Å². The maximum absolute atomic E-state index is 9.37. The zero-order valence-electron chi connectivity index (χ0n) is 13.2. The lowest BCUT2D eigenvalue weighted by Gasteiger charge is -2.18. The molecular weight excluding hydrogens is 300 g/mol. The molecule has 6 heteroatoms. The topological polar surface area (TPSA) is 88.7 Å². The second kappa shape index (κ2) is 5.60. The van der Waals surface area contributed by atoms with Crippen molar-refractivity contribution in [1.29, 1.82) is 10.7 Å². The Bertz CT molecular complexity index is 820. The molecule has 2 fully saturated rings. The fraction of sp³-hybridized carbons (Fsp3) is 0.333. The summed E-state index contributed by atoms with van der Waals surface area (Å²) in [7, 11) is 0. The van der Waals surface area contributed by atoms with Crippen molar-refractivity contribution in [2.24, 2.45) is 11.3 Å². The zero-order chi connectivity index (χ0) is 16.6. The molecule has 120 valence electrons. The molecule has 1 spiro atoms. The number of benzene rings is 1. The van der Waals surface area contributed by atoms with E-state index in [9.17, 15) is 5.26 Å². The minimum absolute atomic E-state index is 0.0996. The predicted molar refractivity (Wildman–Crippen MR) is 92.6 cm³/mol. The quantitative estimate of drug-likeness (QED) is 0.846. The van der Waals surface area contributed by atoms with E-state index in [1.165, 1.54) is 6.21 Å². The van der Waals surface area contributed by atoms with Crippen LogP contribution in [0.5, 0.6) is 0 Å². The third-order valence-corrected chi connectivity index (χ3v) is 5.05. The van der Waals surface area contributed by atoms with Crippen LogP contribution in [-0.4, -0.2) is 29.3 Å². The first kappa shape index (κ1) is 14.6. The Kier molecular flexibility index (Phi) is 3.42. The standard InChI is InChI=1S/C18H18N6/c19-8-13-3-1-2-4-15(13)23-16-7-17(22-12-21-16)24-10-14(9-20)18(11-24)5-6-18/h1-4,7-8,12,14,19H,5-6,10-11H2,(H,21,22,23). The molecule has 2 aliphatic rings. The first-order chi connectivity index (χ1) is 11.7. The Hall–Kier alpha value is -2.94. The van der Waals surface area contributed by atoms with Crippen LogP contribution in [0.2, 0.25) is 0 Å². The predicted octanol–water partition coefficient (Wildman–Crippen LogP) is 2.96. The van der Waals surface area contributed by atoms with Gasteiger partial charge in [0.1, 0.15) is 18.0 Å². The second-order valence-electron chi connectivity index (χ2n) is 6.54. The number of nitrogens with one attached hydrogen (secondary N) is 2. The summed E-state index contributed by atoms with van der Waals surface area (Å²) in [6.07, 6.45) is 5.15. The molecule has 0 amide bonds. The fourth-order valence-corrected chi connectivity index (χ4v) is 3.45. The number of nitriles is 1. The van der Waals surface area contributed by atoms with Gasteiger partial charge in [-0.1, -0.05) is 18.2 Å². The lowest BCUT2D eigenvalue weighted by atomic mass is 9.95. The van der Waals surface area contributed by atoms with E-state index in [1.54, 1.807) is 6.33 Å². The largest absolute Gasteiger partial charge is 0.355 e. The molecule has 1 aromatic carbocycles. The molecule has 24 heavy (non-hydrogen) atoms. The highest BCUT2D eigenvalue weighted by Gasteiger charge is 2.55. The summed E-state index contributed by atoms with van der Waals surface area (Å²) in [5.74, 6) is 1.64. The number of para-hydroxylation sites is 1. The van der Waals surface area contributed by atoms with Crippen molar-refractivity contribution in [2.45, 2.75) is 12.8 Å². The zero-order valence-corrected chi connectivity index (χ0v) is 13.2. The van der Waals surface area contributed by atoms with Crippen molar-refractivity contribution in [3.63, 3.8) is 0 Å². The molecule has 6 nitrogen and oxygen atoms in total. The number of nitrogens with zero attached hydrogens (tertiary/aromatic N) is 4. The van der Waals surface area contributed by atoms with Gasteiger partial charge in [-0.2, -0.15) is 5.26 Å². The summed E-state index contributed by atoms with van der Waals surface area (Å²) in [5.41, 5.74) is 1.84. The summed E-state index contributed by atoms with van der Waals surface area (Å²) < 4.78 is 0. The maximum Gasteiger partial charge on any atom is 0.135 e. The number of rotatable bonds is 4. The highest BCUT2D eigenvalue weighted by atomic mass is 15.2. The average Bonchev–Trinajstić information content (AvgIpc) is 3.29. The van der Waals surface area contributed by atoms with Crippen molar-refractivity contribution < 1.29 is 0 Å². The highest BCUT2D eigenvalue weighted by Crippen LogP contribution is 2.56. The Labute approximate surface area is 140 Å². The Balaban J connectivity index is 1.56. The molecule has 1 atom stereocenters. The lowest BCUT2D eigenvalue weighted by molar-refractivity contribution is 0.485. The van der Waals surface area contributed by atoms with Crippen LogP contribution in [-0.2, 0) is 0 Å². The fourth-order valence-electron chi connectivity index (χ4n) is 3.45. The smallest absolute Gasteiger partial charge is 0.135 e. The maximum atomic E-state index is 9.37. The first-order valence-corrected chi connectivity index (χ1v) is 8.07. The molecule has 1 aromatic heterocycles. The van der Waals surface area contributed by atoms with Gasteiger partial charge in [-0.25, -0.2) is 9.97 Å². The molecular formula is C18H18N6. The minimum atomic E-state index is 0.0996. The molecule has 1 unspecified atom stereocenters. The molecule has 1 saturated heterocycles. The molecule has 1 aliphatic heterocycles. The van der Waals surface area contributed by atoms with Gasteiger partial charge in [-0.05, 0) is 18.9 Å². The van der Waals surface area contributed by atoms with Crippen molar-refractivity contribution in [2.75, 3.05) is 23.3 Å². The summed E-state index contributed by atoms with van der Waals surface area (Å²) in [6, 6.07) is 12.0. The van der Waals surface area contributed by atoms with Gasteiger partial charge in [-0.15, -0.1) is 0 Å².